The van der Waals surface area contributed by atoms with Crippen LogP contribution >= 0.6 is 0 Å². The lowest BCUT2D eigenvalue weighted by atomic mass is 9.68. The molecule has 0 fully saturated rings. The van der Waals surface area contributed by atoms with E-state index < -0.39 is 11.4 Å². The molecule has 0 radical (unpaired) electrons. The summed E-state index contributed by atoms with van der Waals surface area (Å²) < 4.78 is 0. The fraction of sp³-hybridized carbons (Fsp3) is 0.278. The largest absolute Gasteiger partial charge is 0.481 e. The van der Waals surface area contributed by atoms with E-state index in [9.17, 15) is 9.90 Å². The second-order valence-corrected chi connectivity index (χ2v) is 5.46. The highest BCUT2D eigenvalue weighted by molar-refractivity contribution is 5.82. The Labute approximate surface area is 120 Å². The van der Waals surface area contributed by atoms with Crippen molar-refractivity contribution < 1.29 is 9.90 Å². The molecule has 20 heavy (non-hydrogen) atoms. The van der Waals surface area contributed by atoms with E-state index in [1.54, 1.807) is 0 Å². The highest BCUT2D eigenvalue weighted by Gasteiger charge is 2.43. The van der Waals surface area contributed by atoms with E-state index in [-0.39, 0.29) is 5.92 Å². The molecule has 2 heteroatoms. The van der Waals surface area contributed by atoms with Gasteiger partial charge in [-0.1, -0.05) is 74.5 Å². The lowest BCUT2D eigenvalue weighted by Gasteiger charge is -2.34. The summed E-state index contributed by atoms with van der Waals surface area (Å²) in [5, 5.41) is 9.91. The van der Waals surface area contributed by atoms with Gasteiger partial charge in [0.15, 0.2) is 0 Å². The Morgan fingerprint density at radius 2 is 1.50 bits per heavy atom. The van der Waals surface area contributed by atoms with Gasteiger partial charge in [-0.2, -0.15) is 0 Å². The van der Waals surface area contributed by atoms with E-state index in [2.05, 4.69) is 0 Å². The molecule has 0 aliphatic heterocycles. The zero-order valence-electron chi connectivity index (χ0n) is 11.9. The normalized spacial score (nSPS) is 13.9. The van der Waals surface area contributed by atoms with Gasteiger partial charge in [-0.3, -0.25) is 4.79 Å². The molecule has 0 heterocycles. The van der Waals surface area contributed by atoms with Crippen LogP contribution < -0.4 is 0 Å². The maximum Gasteiger partial charge on any atom is 0.314 e. The minimum Gasteiger partial charge on any atom is -0.481 e. The first-order valence-corrected chi connectivity index (χ1v) is 6.90. The highest BCUT2D eigenvalue weighted by atomic mass is 16.4. The molecule has 0 saturated heterocycles. The minimum atomic E-state index is -0.886. The van der Waals surface area contributed by atoms with Gasteiger partial charge in [0.25, 0.3) is 0 Å². The van der Waals surface area contributed by atoms with Gasteiger partial charge in [0, 0.05) is 0 Å². The molecule has 1 N–H and O–H groups in total. The Balaban J connectivity index is 2.52. The van der Waals surface area contributed by atoms with Gasteiger partial charge in [0.2, 0.25) is 0 Å². The summed E-state index contributed by atoms with van der Waals surface area (Å²) in [5.41, 5.74) is 1.03. The standard InChI is InChI=1S/C18H20O2/c1-14(2)18(17(19)20,16-11-7-4-8-12-16)13-15-9-5-3-6-10-15/h3-12,14H,13H2,1-2H3,(H,19,20). The van der Waals surface area contributed by atoms with Crippen LogP contribution in [0.15, 0.2) is 60.7 Å². The summed E-state index contributed by atoms with van der Waals surface area (Å²) in [6.45, 7) is 3.95. The third kappa shape index (κ3) is 2.60. The number of hydrogen-bond acceptors (Lipinski definition) is 1. The number of carboxylic acids is 1. The minimum absolute atomic E-state index is 0.00241. The molecule has 0 saturated carbocycles. The van der Waals surface area contributed by atoms with Crippen molar-refractivity contribution in [3.63, 3.8) is 0 Å². The van der Waals surface area contributed by atoms with Crippen LogP contribution in [0.5, 0.6) is 0 Å². The molecule has 2 rings (SSSR count). The summed E-state index contributed by atoms with van der Waals surface area (Å²) in [4.78, 5) is 12.1. The van der Waals surface area contributed by atoms with Crippen molar-refractivity contribution in [3.8, 4) is 0 Å². The molecule has 1 atom stereocenters. The number of carbonyl (C=O) groups is 1. The van der Waals surface area contributed by atoms with Gasteiger partial charge >= 0.3 is 5.97 Å². The summed E-state index contributed by atoms with van der Waals surface area (Å²) in [6, 6.07) is 19.4. The maximum atomic E-state index is 12.1. The number of rotatable bonds is 5. The Kier molecular flexibility index (Phi) is 4.23. The van der Waals surface area contributed by atoms with Crippen molar-refractivity contribution >= 4 is 5.97 Å². The topological polar surface area (TPSA) is 37.3 Å². The molecule has 0 aromatic heterocycles. The Bertz CT molecular complexity index is 560. The number of hydrogen-bond donors (Lipinski definition) is 1. The van der Waals surface area contributed by atoms with Crippen LogP contribution in [0.3, 0.4) is 0 Å². The van der Waals surface area contributed by atoms with Crippen molar-refractivity contribution in [2.24, 2.45) is 5.92 Å². The highest BCUT2D eigenvalue weighted by Crippen LogP contribution is 2.36. The predicted octanol–water partition coefficient (Wildman–Crippen LogP) is 3.91. The van der Waals surface area contributed by atoms with Crippen LogP contribution in [0, 0.1) is 5.92 Å². The average Bonchev–Trinajstić information content (AvgIpc) is 2.46. The first-order chi connectivity index (χ1) is 9.57. The van der Waals surface area contributed by atoms with Crippen LogP contribution in [0.25, 0.3) is 0 Å². The lowest BCUT2D eigenvalue weighted by Crippen LogP contribution is -2.43. The van der Waals surface area contributed by atoms with Crippen LogP contribution in [-0.2, 0) is 16.6 Å². The summed E-state index contributed by atoms with van der Waals surface area (Å²) in [5.74, 6) is -0.759. The van der Waals surface area contributed by atoms with Gasteiger partial charge in [0.1, 0.15) is 0 Å². The molecule has 2 nitrogen and oxygen atoms in total. The number of benzene rings is 2. The number of aliphatic carboxylic acids is 1. The molecule has 0 bridgehead atoms. The molecular formula is C18H20O2. The third-order valence-corrected chi connectivity index (χ3v) is 3.98. The van der Waals surface area contributed by atoms with Crippen molar-refractivity contribution in [2.75, 3.05) is 0 Å². The Morgan fingerprint density at radius 3 is 1.95 bits per heavy atom. The van der Waals surface area contributed by atoms with Crippen LogP contribution in [-0.4, -0.2) is 11.1 Å². The quantitative estimate of drug-likeness (QED) is 0.892. The van der Waals surface area contributed by atoms with Crippen molar-refractivity contribution in [2.45, 2.75) is 25.7 Å². The van der Waals surface area contributed by atoms with Crippen LogP contribution in [0.4, 0.5) is 0 Å². The zero-order valence-corrected chi connectivity index (χ0v) is 11.9. The summed E-state index contributed by atoms with van der Waals surface area (Å²) >= 11 is 0. The molecule has 2 aromatic carbocycles. The molecule has 2 aromatic rings. The fourth-order valence-corrected chi connectivity index (χ4v) is 2.74. The molecule has 0 aliphatic rings. The van der Waals surface area contributed by atoms with Crippen molar-refractivity contribution in [1.82, 2.24) is 0 Å². The van der Waals surface area contributed by atoms with Crippen LogP contribution in [0.2, 0.25) is 0 Å². The van der Waals surface area contributed by atoms with Crippen molar-refractivity contribution in [1.29, 1.82) is 0 Å². The lowest BCUT2D eigenvalue weighted by molar-refractivity contribution is -0.145. The van der Waals surface area contributed by atoms with Gasteiger partial charge in [-0.05, 0) is 23.5 Å². The van der Waals surface area contributed by atoms with E-state index in [0.717, 1.165) is 11.1 Å². The number of carboxylic acid groups (broad SMARTS) is 1. The average molecular weight is 268 g/mol. The Morgan fingerprint density at radius 1 is 1.00 bits per heavy atom. The van der Waals surface area contributed by atoms with E-state index in [1.165, 1.54) is 0 Å². The van der Waals surface area contributed by atoms with Crippen molar-refractivity contribution in [3.05, 3.63) is 71.8 Å². The van der Waals surface area contributed by atoms with Crippen LogP contribution in [0.1, 0.15) is 25.0 Å². The predicted molar refractivity (Wildman–Crippen MR) is 80.7 cm³/mol. The van der Waals surface area contributed by atoms with E-state index >= 15 is 0 Å². The van der Waals surface area contributed by atoms with Gasteiger partial charge in [-0.25, -0.2) is 0 Å². The first-order valence-electron chi connectivity index (χ1n) is 6.90. The molecule has 0 amide bonds. The Hall–Kier alpha value is -2.09. The van der Waals surface area contributed by atoms with Gasteiger partial charge in [-0.15, -0.1) is 0 Å². The SMILES string of the molecule is CC(C)C(Cc1ccccc1)(C(=O)O)c1ccccc1. The van der Waals surface area contributed by atoms with E-state index in [0.29, 0.717) is 6.42 Å². The van der Waals surface area contributed by atoms with Gasteiger partial charge in [0.05, 0.1) is 5.41 Å². The molecule has 104 valence electrons. The second-order valence-electron chi connectivity index (χ2n) is 5.46. The first kappa shape index (κ1) is 14.3. The molecule has 0 spiro atoms. The van der Waals surface area contributed by atoms with Gasteiger partial charge < -0.3 is 5.11 Å². The smallest absolute Gasteiger partial charge is 0.314 e. The fourth-order valence-electron chi connectivity index (χ4n) is 2.74. The second kappa shape index (κ2) is 5.91. The van der Waals surface area contributed by atoms with E-state index in [1.807, 2.05) is 74.5 Å². The molecular weight excluding hydrogens is 248 g/mol. The summed E-state index contributed by atoms with van der Waals surface area (Å²) in [6.07, 6.45) is 0.505. The molecule has 0 aliphatic carbocycles. The van der Waals surface area contributed by atoms with E-state index in [4.69, 9.17) is 0 Å². The zero-order chi connectivity index (χ0) is 14.6. The summed E-state index contributed by atoms with van der Waals surface area (Å²) in [7, 11) is 0. The monoisotopic (exact) mass is 268 g/mol. The molecule has 1 unspecified atom stereocenters. The third-order valence-electron chi connectivity index (χ3n) is 3.98. The maximum absolute atomic E-state index is 12.1.